The van der Waals surface area contributed by atoms with Crippen LogP contribution in [0, 0.1) is 27.7 Å². The van der Waals surface area contributed by atoms with Crippen molar-refractivity contribution in [3.8, 4) is 22.5 Å². The molecule has 0 atom stereocenters. The van der Waals surface area contributed by atoms with Crippen molar-refractivity contribution in [3.05, 3.63) is 130 Å². The SMILES string of the molecule is Cc1cccc(-c2nc3ccccc3cc2C(C)(C)CCC(F)(F)F)c1C.Cc1cccc(-c2nc3ccccc3cc2C(C)(C)CCC(F)(F)F)c1C.[Ir+3]. The van der Waals surface area contributed by atoms with E-state index in [1.807, 2.05) is 152 Å². The third kappa shape index (κ3) is 10.6. The van der Waals surface area contributed by atoms with Gasteiger partial charge in [0.15, 0.2) is 0 Å². The number of benzene rings is 4. The Kier molecular flexibility index (Phi) is 13.5. The molecule has 0 unspecified atom stereocenters. The van der Waals surface area contributed by atoms with Crippen molar-refractivity contribution in [2.75, 3.05) is 0 Å². The van der Waals surface area contributed by atoms with Gasteiger partial charge in [-0.05, 0) is 109 Å². The van der Waals surface area contributed by atoms with Crippen LogP contribution in [-0.4, -0.2) is 22.3 Å². The van der Waals surface area contributed by atoms with E-state index in [1.165, 1.54) is 0 Å². The van der Waals surface area contributed by atoms with Gasteiger partial charge in [-0.15, -0.1) is 0 Å². The molecule has 2 heterocycles. The fourth-order valence-electron chi connectivity index (χ4n) is 6.87. The van der Waals surface area contributed by atoms with Gasteiger partial charge in [-0.3, -0.25) is 0 Å². The van der Waals surface area contributed by atoms with E-state index in [4.69, 9.17) is 9.97 Å². The van der Waals surface area contributed by atoms with Gasteiger partial charge in [0.1, 0.15) is 0 Å². The second-order valence-electron chi connectivity index (χ2n) is 15.6. The van der Waals surface area contributed by atoms with Crippen molar-refractivity contribution in [1.29, 1.82) is 0 Å². The Balaban J connectivity index is 0.000000240. The number of para-hydroxylation sites is 2. The fourth-order valence-corrected chi connectivity index (χ4v) is 6.87. The van der Waals surface area contributed by atoms with Crippen LogP contribution >= 0.6 is 0 Å². The molecule has 9 heteroatoms. The van der Waals surface area contributed by atoms with E-state index in [2.05, 4.69) is 0 Å². The topological polar surface area (TPSA) is 25.8 Å². The van der Waals surface area contributed by atoms with Gasteiger partial charge in [0, 0.05) is 34.7 Å². The molecular formula is C46H48F6IrN2+3. The molecule has 55 heavy (non-hydrogen) atoms. The number of fused-ring (bicyclic) bond motifs is 2. The normalized spacial score (nSPS) is 12.3. The average molecular weight is 935 g/mol. The molecule has 0 saturated carbocycles. The number of aryl methyl sites for hydroxylation is 2. The van der Waals surface area contributed by atoms with E-state index in [1.54, 1.807) is 0 Å². The predicted octanol–water partition coefficient (Wildman–Crippen LogP) is 14.3. The summed E-state index contributed by atoms with van der Waals surface area (Å²) in [7, 11) is 0. The molecule has 0 bridgehead atoms. The Hall–Kier alpha value is -4.07. The van der Waals surface area contributed by atoms with Gasteiger partial charge in [0.05, 0.1) is 22.4 Å². The molecule has 290 valence electrons. The van der Waals surface area contributed by atoms with Crippen molar-refractivity contribution >= 4 is 21.8 Å². The summed E-state index contributed by atoms with van der Waals surface area (Å²) in [4.78, 5) is 9.75. The maximum absolute atomic E-state index is 12.9. The molecule has 6 aromatic rings. The molecule has 0 aliphatic heterocycles. The van der Waals surface area contributed by atoms with E-state index in [0.717, 1.165) is 77.7 Å². The van der Waals surface area contributed by atoms with Crippen LogP contribution in [-0.2, 0) is 30.9 Å². The maximum atomic E-state index is 12.9. The van der Waals surface area contributed by atoms with Gasteiger partial charge >= 0.3 is 32.5 Å². The first-order valence-electron chi connectivity index (χ1n) is 18.2. The monoisotopic (exact) mass is 935 g/mol. The number of nitrogens with zero attached hydrogens (tertiary/aromatic N) is 2. The molecular weight excluding hydrogens is 887 g/mol. The number of aromatic nitrogens is 2. The Morgan fingerprint density at radius 2 is 0.800 bits per heavy atom. The van der Waals surface area contributed by atoms with Crippen molar-refractivity contribution < 1.29 is 46.4 Å². The third-order valence-electron chi connectivity index (χ3n) is 10.7. The third-order valence-corrected chi connectivity index (χ3v) is 10.7. The summed E-state index contributed by atoms with van der Waals surface area (Å²) < 4.78 is 77.3. The molecule has 0 fully saturated rings. The van der Waals surface area contributed by atoms with E-state index < -0.39 is 36.0 Å². The zero-order valence-corrected chi connectivity index (χ0v) is 35.0. The van der Waals surface area contributed by atoms with E-state index in [-0.39, 0.29) is 32.9 Å². The molecule has 6 rings (SSSR count). The van der Waals surface area contributed by atoms with Gasteiger partial charge in [0.25, 0.3) is 0 Å². The van der Waals surface area contributed by atoms with E-state index >= 15 is 0 Å². The minimum atomic E-state index is -4.17. The molecule has 4 aromatic carbocycles. The van der Waals surface area contributed by atoms with Crippen LogP contribution < -0.4 is 0 Å². The number of alkyl halides is 6. The number of rotatable bonds is 8. The van der Waals surface area contributed by atoms with Gasteiger partial charge in [0.2, 0.25) is 0 Å². The second kappa shape index (κ2) is 17.0. The van der Waals surface area contributed by atoms with Crippen LogP contribution in [0.1, 0.15) is 86.8 Å². The largest absolute Gasteiger partial charge is 3.00 e. The van der Waals surface area contributed by atoms with Gasteiger partial charge < -0.3 is 0 Å². The van der Waals surface area contributed by atoms with Crippen LogP contribution in [0.5, 0.6) is 0 Å². The summed E-state index contributed by atoms with van der Waals surface area (Å²) in [5.41, 5.74) is 10.1. The number of hydrogen-bond donors (Lipinski definition) is 0. The molecule has 0 radical (unpaired) electrons. The molecule has 2 nitrogen and oxygen atoms in total. The molecule has 0 amide bonds. The van der Waals surface area contributed by atoms with Gasteiger partial charge in [-0.1, -0.05) is 100 Å². The van der Waals surface area contributed by atoms with Crippen molar-refractivity contribution in [2.24, 2.45) is 0 Å². The van der Waals surface area contributed by atoms with Gasteiger partial charge in [-0.2, -0.15) is 26.3 Å². The molecule has 0 aliphatic rings. The molecule has 0 saturated heterocycles. The zero-order valence-electron chi connectivity index (χ0n) is 32.6. The van der Waals surface area contributed by atoms with Crippen molar-refractivity contribution in [3.63, 3.8) is 0 Å². The van der Waals surface area contributed by atoms with Crippen molar-refractivity contribution in [1.82, 2.24) is 9.97 Å². The van der Waals surface area contributed by atoms with Crippen LogP contribution in [0.25, 0.3) is 44.3 Å². The van der Waals surface area contributed by atoms with Crippen LogP contribution in [0.3, 0.4) is 0 Å². The molecule has 0 N–H and O–H groups in total. The summed E-state index contributed by atoms with van der Waals surface area (Å²) in [6.07, 6.45) is -9.90. The summed E-state index contributed by atoms with van der Waals surface area (Å²) in [5, 5.41) is 1.89. The maximum Gasteiger partial charge on any atom is 3.00 e. The Labute approximate surface area is 334 Å². The summed E-state index contributed by atoms with van der Waals surface area (Å²) in [6.45, 7) is 15.6. The average Bonchev–Trinajstić information content (AvgIpc) is 3.11. The smallest absolute Gasteiger partial charge is 0.247 e. The molecule has 0 aliphatic carbocycles. The van der Waals surface area contributed by atoms with Gasteiger partial charge in [-0.25, -0.2) is 9.97 Å². The van der Waals surface area contributed by atoms with Crippen LogP contribution in [0.4, 0.5) is 26.3 Å². The van der Waals surface area contributed by atoms with Crippen LogP contribution in [0.2, 0.25) is 0 Å². The summed E-state index contributed by atoms with van der Waals surface area (Å²) >= 11 is 0. The van der Waals surface area contributed by atoms with E-state index in [9.17, 15) is 26.3 Å². The number of hydrogen-bond acceptors (Lipinski definition) is 2. The minimum Gasteiger partial charge on any atom is -0.247 e. The first-order chi connectivity index (χ1) is 25.2. The predicted molar refractivity (Wildman–Crippen MR) is 210 cm³/mol. The minimum absolute atomic E-state index is 0. The summed E-state index contributed by atoms with van der Waals surface area (Å²) in [5.74, 6) is 0. The Bertz CT molecular complexity index is 2110. The van der Waals surface area contributed by atoms with E-state index in [0.29, 0.717) is 0 Å². The quantitative estimate of drug-likeness (QED) is 0.142. The Morgan fingerprint density at radius 1 is 0.455 bits per heavy atom. The fraction of sp³-hybridized carbons (Fsp3) is 0.348. The standard InChI is InChI=1S/2C23H24F3N.Ir/c2*1-15-8-7-10-18(16(15)2)21-19(22(3,4)12-13-23(24,25)26)14-17-9-5-6-11-20(17)27-21;/h2*5-11,14H,12-13H2,1-4H3;/q;;+3. The van der Waals surface area contributed by atoms with Crippen LogP contribution in [0.15, 0.2) is 97.1 Å². The summed E-state index contributed by atoms with van der Waals surface area (Å²) in [6, 6.07) is 31.5. The number of pyridine rings is 2. The molecule has 2 aromatic heterocycles. The molecule has 0 spiro atoms. The van der Waals surface area contributed by atoms with Crippen molar-refractivity contribution in [2.45, 2.75) is 104 Å². The number of halogens is 6. The second-order valence-corrected chi connectivity index (χ2v) is 15.6. The first kappa shape index (κ1) is 43.7. The Morgan fingerprint density at radius 3 is 1.15 bits per heavy atom. The zero-order chi connectivity index (χ0) is 39.6. The first-order valence-corrected chi connectivity index (χ1v) is 18.2.